The summed E-state index contributed by atoms with van der Waals surface area (Å²) >= 11 is 0. The number of hydrogen-bond donors (Lipinski definition) is 0. The molecular weight excluding hydrogens is 270 g/mol. The molecule has 0 fully saturated rings. The first-order chi connectivity index (χ1) is 9.04. The molecule has 1 rings (SSSR count). The normalized spacial score (nSPS) is 11.9. The van der Waals surface area contributed by atoms with E-state index >= 15 is 0 Å². The van der Waals surface area contributed by atoms with E-state index in [1.54, 1.807) is 26.8 Å². The van der Waals surface area contributed by atoms with Gasteiger partial charge in [0.25, 0.3) is 0 Å². The van der Waals surface area contributed by atoms with Crippen LogP contribution in [0.4, 0.5) is 0 Å². The van der Waals surface area contributed by atoms with E-state index in [0.717, 1.165) is 12.1 Å². The van der Waals surface area contributed by atoms with Crippen molar-refractivity contribution in [2.45, 2.75) is 32.0 Å². The van der Waals surface area contributed by atoms with Gasteiger partial charge < -0.3 is 0 Å². The molecule has 0 aliphatic carbocycles. The molecule has 0 heterocycles. The Morgan fingerprint density at radius 1 is 0.850 bits per heavy atom. The van der Waals surface area contributed by atoms with E-state index in [0.29, 0.717) is 5.56 Å². The molecule has 0 radical (unpaired) electrons. The zero-order chi connectivity index (χ0) is 15.7. The van der Waals surface area contributed by atoms with Crippen LogP contribution in [-0.4, -0.2) is 14.8 Å². The Bertz CT molecular complexity index is 542. The number of benzene rings is 1. The third-order valence-electron chi connectivity index (χ3n) is 2.88. The first-order valence-electron chi connectivity index (χ1n) is 5.59. The fourth-order valence-corrected chi connectivity index (χ4v) is 1.71. The van der Waals surface area contributed by atoms with E-state index in [1.807, 2.05) is 0 Å². The lowest BCUT2D eigenvalue weighted by molar-refractivity contribution is -0.986. The molecule has 0 aromatic heterocycles. The summed E-state index contributed by atoms with van der Waals surface area (Å²) in [6.07, 6.45) is 0. The van der Waals surface area contributed by atoms with E-state index in [1.165, 1.54) is 6.07 Å². The molecule has 0 amide bonds. The summed E-state index contributed by atoms with van der Waals surface area (Å²) in [7, 11) is 0. The quantitative estimate of drug-likeness (QED) is 0.471. The Morgan fingerprint density at radius 3 is 1.60 bits per heavy atom. The Kier molecular flexibility index (Phi) is 3.74. The number of nitro groups is 3. The molecule has 0 aliphatic rings. The van der Waals surface area contributed by atoms with Crippen LogP contribution in [0.2, 0.25) is 0 Å². The highest BCUT2D eigenvalue weighted by atomic mass is 16.7. The monoisotopic (exact) mass is 283 g/mol. The Hall–Kier alpha value is -2.58. The number of nitrogens with zero attached hydrogens (tertiary/aromatic N) is 3. The van der Waals surface area contributed by atoms with Crippen molar-refractivity contribution in [3.05, 3.63) is 65.7 Å². The smallest absolute Gasteiger partial charge is 0.252 e. The van der Waals surface area contributed by atoms with Gasteiger partial charge in [-0.15, -0.1) is 0 Å². The molecule has 1 aromatic carbocycles. The molecule has 0 saturated carbocycles. The van der Waals surface area contributed by atoms with Gasteiger partial charge in [0.05, 0.1) is 0 Å². The van der Waals surface area contributed by atoms with Gasteiger partial charge in [-0.25, -0.2) is 0 Å². The Morgan fingerprint density at radius 2 is 1.25 bits per heavy atom. The largest absolute Gasteiger partial charge is 0.728 e. The summed E-state index contributed by atoms with van der Waals surface area (Å²) in [5.41, 5.74) is -0.499. The zero-order valence-corrected chi connectivity index (χ0v) is 11.1. The zero-order valence-electron chi connectivity index (χ0n) is 11.1. The van der Waals surface area contributed by atoms with E-state index < -0.39 is 31.5 Å². The van der Waals surface area contributed by atoms with Crippen LogP contribution in [0.25, 0.3) is 0 Å². The highest BCUT2D eigenvalue weighted by molar-refractivity contribution is 5.30. The average Bonchev–Trinajstić information content (AvgIpc) is 2.27. The van der Waals surface area contributed by atoms with Gasteiger partial charge in [0.15, 0.2) is 20.3 Å². The van der Waals surface area contributed by atoms with E-state index in [9.17, 15) is 30.3 Å². The second kappa shape index (κ2) is 4.83. The molecule has 0 unspecified atom stereocenters. The molecule has 0 bridgehead atoms. The third-order valence-corrected chi connectivity index (χ3v) is 2.88. The standard InChI is InChI=1S/C11H13N3O6/c1-10(2,3)8-5-4-6-9(7-8)11(12(15)16,13(17)18)14(19)20/h4-7H,1-3H3. The van der Waals surface area contributed by atoms with Crippen LogP contribution in [0.1, 0.15) is 31.9 Å². The van der Waals surface area contributed by atoms with Crippen molar-refractivity contribution in [2.24, 2.45) is 0 Å². The highest BCUT2D eigenvalue weighted by Gasteiger charge is 2.72. The van der Waals surface area contributed by atoms with Crippen molar-refractivity contribution in [1.29, 1.82) is 0 Å². The van der Waals surface area contributed by atoms with Crippen LogP contribution in [0.5, 0.6) is 0 Å². The van der Waals surface area contributed by atoms with Gasteiger partial charge in [0, 0.05) is 0 Å². The van der Waals surface area contributed by atoms with Crippen molar-refractivity contribution in [1.82, 2.24) is 0 Å². The molecule has 0 atom stereocenters. The van der Waals surface area contributed by atoms with Crippen molar-refractivity contribution in [3.63, 3.8) is 0 Å². The predicted octanol–water partition coefficient (Wildman–Crippen LogP) is 1.92. The van der Waals surface area contributed by atoms with Crippen molar-refractivity contribution in [3.8, 4) is 0 Å². The molecule has 20 heavy (non-hydrogen) atoms. The molecule has 0 N–H and O–H groups in total. The van der Waals surface area contributed by atoms with Gasteiger partial charge in [0.1, 0.15) is 0 Å². The molecule has 0 saturated heterocycles. The number of rotatable bonds is 4. The van der Waals surface area contributed by atoms with Crippen LogP contribution in [-0.2, 0) is 11.2 Å². The van der Waals surface area contributed by atoms with E-state index in [-0.39, 0.29) is 0 Å². The molecule has 0 aliphatic heterocycles. The van der Waals surface area contributed by atoms with Gasteiger partial charge in [0.2, 0.25) is 0 Å². The lowest BCUT2D eigenvalue weighted by Gasteiger charge is -2.19. The third kappa shape index (κ3) is 2.29. The second-order valence-corrected chi connectivity index (χ2v) is 5.24. The minimum absolute atomic E-state index is 0.453. The summed E-state index contributed by atoms with van der Waals surface area (Å²) in [5, 5.41) is 33.0. The van der Waals surface area contributed by atoms with Crippen LogP contribution in [0, 0.1) is 30.3 Å². The minimum Gasteiger partial charge on any atom is -0.252 e. The summed E-state index contributed by atoms with van der Waals surface area (Å²) in [4.78, 5) is 28.5. The van der Waals surface area contributed by atoms with Gasteiger partial charge in [-0.3, -0.25) is 30.3 Å². The van der Waals surface area contributed by atoms with Crippen LogP contribution < -0.4 is 0 Å². The molecule has 9 nitrogen and oxygen atoms in total. The molecule has 108 valence electrons. The highest BCUT2D eigenvalue weighted by Crippen LogP contribution is 2.30. The fourth-order valence-electron chi connectivity index (χ4n) is 1.71. The maximum absolute atomic E-state index is 11.0. The predicted molar refractivity (Wildman–Crippen MR) is 67.8 cm³/mol. The van der Waals surface area contributed by atoms with Crippen LogP contribution in [0.3, 0.4) is 0 Å². The second-order valence-electron chi connectivity index (χ2n) is 5.24. The van der Waals surface area contributed by atoms with Gasteiger partial charge >= 0.3 is 5.79 Å². The van der Waals surface area contributed by atoms with Crippen LogP contribution >= 0.6 is 0 Å². The Labute approximate surface area is 113 Å². The average molecular weight is 283 g/mol. The van der Waals surface area contributed by atoms with Gasteiger partial charge in [-0.2, -0.15) is 0 Å². The lowest BCUT2D eigenvalue weighted by atomic mass is 9.85. The minimum atomic E-state index is -3.58. The maximum atomic E-state index is 11.0. The van der Waals surface area contributed by atoms with Crippen molar-refractivity contribution in [2.75, 3.05) is 0 Å². The molecule has 9 heteroatoms. The van der Waals surface area contributed by atoms with Crippen LogP contribution in [0.15, 0.2) is 24.3 Å². The van der Waals surface area contributed by atoms with E-state index in [2.05, 4.69) is 0 Å². The van der Waals surface area contributed by atoms with Crippen molar-refractivity contribution < 1.29 is 14.8 Å². The van der Waals surface area contributed by atoms with E-state index in [4.69, 9.17) is 0 Å². The fraction of sp³-hybridized carbons (Fsp3) is 0.455. The summed E-state index contributed by atoms with van der Waals surface area (Å²) < 4.78 is 0. The molecule has 1 aromatic rings. The first-order valence-corrected chi connectivity index (χ1v) is 5.59. The SMILES string of the molecule is CC(C)(C)c1cccc(C([N+](=O)[O-])([N+](=O)[O-])[N+](=O)[O-])c1. The number of hydrogen-bond acceptors (Lipinski definition) is 6. The van der Waals surface area contributed by atoms with Gasteiger partial charge in [-0.05, 0) is 23.1 Å². The first kappa shape index (κ1) is 15.5. The molecular formula is C11H13N3O6. The molecule has 0 spiro atoms. The van der Waals surface area contributed by atoms with Gasteiger partial charge in [-0.1, -0.05) is 32.9 Å². The summed E-state index contributed by atoms with van der Waals surface area (Å²) in [5.74, 6) is -3.58. The Balaban J connectivity index is 3.63. The lowest BCUT2D eigenvalue weighted by Crippen LogP contribution is -2.50. The summed E-state index contributed by atoms with van der Waals surface area (Å²) in [6.45, 7) is 5.37. The topological polar surface area (TPSA) is 129 Å². The van der Waals surface area contributed by atoms with Crippen molar-refractivity contribution >= 4 is 0 Å². The maximum Gasteiger partial charge on any atom is 0.728 e. The summed E-state index contributed by atoms with van der Waals surface area (Å²) in [6, 6.07) is 5.09.